The van der Waals surface area contributed by atoms with Crippen molar-refractivity contribution >= 4 is 33.5 Å². The van der Waals surface area contributed by atoms with E-state index in [0.717, 1.165) is 15.8 Å². The van der Waals surface area contributed by atoms with Crippen LogP contribution in [0.25, 0.3) is 11.1 Å². The minimum atomic E-state index is 0.283. The molecule has 0 radical (unpaired) electrons. The number of thioether (sulfide) groups is 1. The molecule has 104 valence electrons. The van der Waals surface area contributed by atoms with Gasteiger partial charge in [-0.25, -0.2) is 4.98 Å². The third-order valence-corrected chi connectivity index (χ3v) is 4.30. The molecule has 21 heavy (non-hydrogen) atoms. The molecule has 0 bridgehead atoms. The molecule has 0 saturated heterocycles. The third-order valence-electron chi connectivity index (χ3n) is 2.89. The number of H-pyrrole nitrogens is 1. The summed E-state index contributed by atoms with van der Waals surface area (Å²) in [4.78, 5) is 2.96. The van der Waals surface area contributed by atoms with Gasteiger partial charge in [-0.15, -0.1) is 0 Å². The molecule has 1 aromatic carbocycles. The predicted molar refractivity (Wildman–Crippen MR) is 86.4 cm³/mol. The highest BCUT2D eigenvalue weighted by molar-refractivity contribution is 9.10. The van der Waals surface area contributed by atoms with E-state index < -0.39 is 0 Å². The van der Waals surface area contributed by atoms with Gasteiger partial charge >= 0.3 is 0 Å². The second-order valence-corrected chi connectivity index (χ2v) is 6.35. The number of aromatic nitrogens is 1. The van der Waals surface area contributed by atoms with Crippen LogP contribution in [-0.4, -0.2) is 5.75 Å². The zero-order valence-corrected chi connectivity index (χ0v) is 13.7. The van der Waals surface area contributed by atoms with E-state index >= 15 is 0 Å². The van der Waals surface area contributed by atoms with E-state index in [0.29, 0.717) is 21.7 Å². The number of hydrogen-bond acceptors (Lipinski definition) is 4. The summed E-state index contributed by atoms with van der Waals surface area (Å²) >= 11 is 4.87. The fourth-order valence-corrected chi connectivity index (χ4v) is 3.03. The Morgan fingerprint density at radius 1 is 1.19 bits per heavy atom. The first-order valence-corrected chi connectivity index (χ1v) is 7.97. The van der Waals surface area contributed by atoms with Crippen molar-refractivity contribution in [1.29, 1.82) is 10.5 Å². The minimum Gasteiger partial charge on any atom is -0.286 e. The van der Waals surface area contributed by atoms with Gasteiger partial charge in [0.1, 0.15) is 23.3 Å². The molecule has 0 amide bonds. The van der Waals surface area contributed by atoms with Crippen molar-refractivity contribution in [2.24, 2.45) is 0 Å². The lowest BCUT2D eigenvalue weighted by molar-refractivity contribution is -0.410. The van der Waals surface area contributed by atoms with Gasteiger partial charge in [-0.2, -0.15) is 10.5 Å². The Morgan fingerprint density at radius 2 is 1.81 bits per heavy atom. The normalized spacial score (nSPS) is 9.90. The van der Waals surface area contributed by atoms with E-state index in [9.17, 15) is 10.5 Å². The van der Waals surface area contributed by atoms with Crippen molar-refractivity contribution in [2.75, 3.05) is 11.5 Å². The minimum absolute atomic E-state index is 0.283. The van der Waals surface area contributed by atoms with Gasteiger partial charge in [0.15, 0.2) is 5.03 Å². The molecule has 4 nitrogen and oxygen atoms in total. The van der Waals surface area contributed by atoms with Crippen LogP contribution in [0.3, 0.4) is 0 Å². The van der Waals surface area contributed by atoms with Gasteiger partial charge in [-0.3, -0.25) is 5.73 Å². The summed E-state index contributed by atoms with van der Waals surface area (Å²) in [7, 11) is 0. The molecule has 0 saturated carbocycles. The van der Waals surface area contributed by atoms with Crippen molar-refractivity contribution in [3.8, 4) is 23.3 Å². The van der Waals surface area contributed by atoms with Crippen molar-refractivity contribution < 1.29 is 4.98 Å². The Kier molecular flexibility index (Phi) is 4.85. The van der Waals surface area contributed by atoms with Gasteiger partial charge in [0.2, 0.25) is 0 Å². The Bertz CT molecular complexity index is 757. The van der Waals surface area contributed by atoms with Crippen molar-refractivity contribution in [2.45, 2.75) is 11.9 Å². The molecule has 0 spiro atoms. The Labute approximate surface area is 135 Å². The number of benzene rings is 1. The molecule has 2 rings (SSSR count). The molecular formula is C15H12BrN4S+. The highest BCUT2D eigenvalue weighted by atomic mass is 79.9. The Hall–Kier alpha value is -2.02. The number of hydrogen-bond donors (Lipinski definition) is 1. The summed E-state index contributed by atoms with van der Waals surface area (Å²) in [6.07, 6.45) is 0. The molecule has 3 N–H and O–H groups in total. The first-order valence-electron chi connectivity index (χ1n) is 6.20. The lowest BCUT2D eigenvalue weighted by atomic mass is 9.97. The van der Waals surface area contributed by atoms with E-state index in [1.54, 1.807) is 0 Å². The first-order chi connectivity index (χ1) is 10.1. The number of nitrogens with one attached hydrogen (secondary N) is 1. The van der Waals surface area contributed by atoms with Crippen LogP contribution >= 0.6 is 27.7 Å². The van der Waals surface area contributed by atoms with E-state index in [2.05, 4.69) is 33.1 Å². The summed E-state index contributed by atoms with van der Waals surface area (Å²) in [6, 6.07) is 11.8. The largest absolute Gasteiger partial charge is 0.289 e. The molecular weight excluding hydrogens is 348 g/mol. The van der Waals surface area contributed by atoms with Crippen molar-refractivity contribution in [3.05, 3.63) is 39.9 Å². The zero-order valence-electron chi connectivity index (χ0n) is 11.3. The molecule has 0 atom stereocenters. The van der Waals surface area contributed by atoms with Crippen LogP contribution in [0.1, 0.15) is 18.1 Å². The summed E-state index contributed by atoms with van der Waals surface area (Å²) < 4.78 is 0.932. The first kappa shape index (κ1) is 15.4. The highest BCUT2D eigenvalue weighted by Gasteiger charge is 2.23. The molecule has 0 aliphatic heterocycles. The molecule has 2 aromatic rings. The molecule has 1 heterocycles. The van der Waals surface area contributed by atoms with Crippen molar-refractivity contribution in [1.82, 2.24) is 0 Å². The van der Waals surface area contributed by atoms with Crippen LogP contribution in [-0.2, 0) is 0 Å². The maximum absolute atomic E-state index is 9.51. The van der Waals surface area contributed by atoms with Gasteiger partial charge in [0.05, 0.1) is 0 Å². The fourth-order valence-electron chi connectivity index (χ4n) is 2.00. The van der Waals surface area contributed by atoms with Gasteiger partial charge in [0.25, 0.3) is 5.82 Å². The van der Waals surface area contributed by atoms with Crippen LogP contribution in [0.15, 0.2) is 33.8 Å². The molecule has 1 aromatic heterocycles. The summed E-state index contributed by atoms with van der Waals surface area (Å²) in [6.45, 7) is 1.99. The van der Waals surface area contributed by atoms with Gasteiger partial charge in [-0.05, 0) is 23.4 Å². The van der Waals surface area contributed by atoms with Crippen molar-refractivity contribution in [3.63, 3.8) is 0 Å². The smallest absolute Gasteiger partial charge is 0.286 e. The lowest BCUT2D eigenvalue weighted by Gasteiger charge is -2.09. The fraction of sp³-hybridized carbons (Fsp3) is 0.133. The summed E-state index contributed by atoms with van der Waals surface area (Å²) in [5, 5.41) is 19.6. The van der Waals surface area contributed by atoms with Crippen LogP contribution < -0.4 is 10.7 Å². The number of halogens is 1. The summed E-state index contributed by atoms with van der Waals surface area (Å²) in [5.74, 6) is 1.08. The van der Waals surface area contributed by atoms with Gasteiger partial charge < -0.3 is 0 Å². The van der Waals surface area contributed by atoms with Gasteiger partial charge in [0, 0.05) is 10.0 Å². The number of nitrogen functional groups attached to an aromatic ring is 1. The van der Waals surface area contributed by atoms with E-state index in [1.165, 1.54) is 11.8 Å². The Morgan fingerprint density at radius 3 is 2.33 bits per heavy atom. The quantitative estimate of drug-likeness (QED) is 0.850. The average Bonchev–Trinajstić information content (AvgIpc) is 2.48. The number of pyridine rings is 1. The molecule has 6 heteroatoms. The molecule has 0 aliphatic carbocycles. The van der Waals surface area contributed by atoms with E-state index in [4.69, 9.17) is 5.73 Å². The monoisotopic (exact) mass is 359 g/mol. The van der Waals surface area contributed by atoms with E-state index in [1.807, 2.05) is 31.2 Å². The third kappa shape index (κ3) is 3.02. The second-order valence-electron chi connectivity index (χ2n) is 4.16. The molecule has 0 fully saturated rings. The van der Waals surface area contributed by atoms with Gasteiger partial charge in [-0.1, -0.05) is 46.7 Å². The maximum Gasteiger partial charge on any atom is 0.289 e. The molecule has 0 aliphatic rings. The SMILES string of the molecule is CCSc1[nH+]c(N)c(C#N)c(-c2ccc(Br)cc2)c1C#N. The van der Waals surface area contributed by atoms with Crippen LogP contribution in [0.5, 0.6) is 0 Å². The van der Waals surface area contributed by atoms with Crippen LogP contribution in [0.4, 0.5) is 5.82 Å². The second kappa shape index (κ2) is 6.62. The van der Waals surface area contributed by atoms with Crippen LogP contribution in [0, 0.1) is 22.7 Å². The Balaban J connectivity index is 2.81. The summed E-state index contributed by atoms with van der Waals surface area (Å²) in [5.41, 5.74) is 8.08. The average molecular weight is 360 g/mol. The molecule has 0 unspecified atom stereocenters. The number of aromatic amines is 1. The number of nitriles is 2. The maximum atomic E-state index is 9.51. The standard InChI is InChI=1S/C15H11BrN4S/c1-2-21-15-12(8-18)13(11(7-17)14(19)20-15)9-3-5-10(16)6-4-9/h3-6H,2H2,1H3,(H2,19,20)/p+1. The number of anilines is 1. The predicted octanol–water partition coefficient (Wildman–Crippen LogP) is 3.37. The van der Waals surface area contributed by atoms with E-state index in [-0.39, 0.29) is 5.82 Å². The number of nitrogens with zero attached hydrogens (tertiary/aromatic N) is 2. The number of nitrogens with two attached hydrogens (primary N) is 1. The number of rotatable bonds is 3. The highest BCUT2D eigenvalue weighted by Crippen LogP contribution is 2.33. The zero-order chi connectivity index (χ0) is 15.4. The lowest BCUT2D eigenvalue weighted by Crippen LogP contribution is -2.18. The topological polar surface area (TPSA) is 87.7 Å². The van der Waals surface area contributed by atoms with Crippen LogP contribution in [0.2, 0.25) is 0 Å².